The molecule has 2 heterocycles. The fourth-order valence-electron chi connectivity index (χ4n) is 1.75. The van der Waals surface area contributed by atoms with Crippen LogP contribution < -0.4 is 15.8 Å². The van der Waals surface area contributed by atoms with Crippen LogP contribution in [0.1, 0.15) is 16.1 Å². The zero-order valence-corrected chi connectivity index (χ0v) is 10.9. The Labute approximate surface area is 107 Å². The van der Waals surface area contributed by atoms with E-state index in [0.29, 0.717) is 17.8 Å². The second-order valence-corrected chi connectivity index (χ2v) is 4.90. The Morgan fingerprint density at radius 1 is 1.33 bits per heavy atom. The van der Waals surface area contributed by atoms with Crippen LogP contribution in [0.2, 0.25) is 0 Å². The lowest BCUT2D eigenvalue weighted by Gasteiger charge is -1.99. The summed E-state index contributed by atoms with van der Waals surface area (Å²) in [6.07, 6.45) is 0.565. The number of thiazole rings is 1. The highest BCUT2D eigenvalue weighted by Gasteiger charge is 2.19. The van der Waals surface area contributed by atoms with E-state index < -0.39 is 11.2 Å². The Morgan fingerprint density at radius 3 is 2.72 bits per heavy atom. The van der Waals surface area contributed by atoms with Gasteiger partial charge in [0.05, 0.1) is 4.88 Å². The second-order valence-electron chi connectivity index (χ2n) is 3.96. The van der Waals surface area contributed by atoms with E-state index in [4.69, 9.17) is 5.11 Å². The Hall–Kier alpha value is -1.73. The lowest BCUT2D eigenvalue weighted by Crippen LogP contribution is -2.40. The lowest BCUT2D eigenvalue weighted by atomic mass is 10.3. The van der Waals surface area contributed by atoms with Gasteiger partial charge in [-0.2, -0.15) is 9.55 Å². The number of aliphatic hydroxyl groups excluding tert-OH is 1. The molecule has 3 N–H and O–H groups in total. The maximum Gasteiger partial charge on any atom is 0.413 e. The quantitative estimate of drug-likeness (QED) is 0.659. The van der Waals surface area contributed by atoms with Gasteiger partial charge < -0.3 is 5.11 Å². The van der Waals surface area contributed by atoms with Gasteiger partial charge in [-0.1, -0.05) is 0 Å². The molecular weight excluding hydrogens is 254 g/mol. The van der Waals surface area contributed by atoms with Crippen LogP contribution in [0.4, 0.5) is 0 Å². The first kappa shape index (κ1) is 12.7. The van der Waals surface area contributed by atoms with E-state index in [1.807, 2.05) is 12.4 Å². The molecule has 6 nitrogen and oxygen atoms in total. The summed E-state index contributed by atoms with van der Waals surface area (Å²) in [7, 11) is 0. The number of aromatic amines is 2. The van der Waals surface area contributed by atoms with E-state index in [9.17, 15) is 9.59 Å². The molecule has 0 amide bonds. The first-order valence-electron chi connectivity index (χ1n) is 5.47. The second kappa shape index (κ2) is 4.87. The van der Waals surface area contributed by atoms with Crippen molar-refractivity contribution in [2.45, 2.75) is 20.3 Å². The molecule has 0 unspecified atom stereocenters. The minimum atomic E-state index is -0.526. The van der Waals surface area contributed by atoms with Crippen molar-refractivity contribution in [2.24, 2.45) is 0 Å². The molecule has 2 aromatic rings. The molecule has 0 radical (unpaired) electrons. The molecule has 7 heteroatoms. The summed E-state index contributed by atoms with van der Waals surface area (Å²) in [6, 6.07) is 0. The van der Waals surface area contributed by atoms with E-state index in [-0.39, 0.29) is 6.61 Å². The van der Waals surface area contributed by atoms with Gasteiger partial charge >= 0.3 is 5.69 Å². The fraction of sp³-hybridized carbons (Fsp3) is 0.364. The third kappa shape index (κ3) is 2.14. The van der Waals surface area contributed by atoms with Gasteiger partial charge in [0, 0.05) is 13.0 Å². The van der Waals surface area contributed by atoms with Gasteiger partial charge in [0.1, 0.15) is 11.3 Å². The number of aromatic nitrogens is 3. The summed E-state index contributed by atoms with van der Waals surface area (Å²) in [5.41, 5.74) is 2.27. The van der Waals surface area contributed by atoms with Crippen LogP contribution >= 0.6 is 11.3 Å². The number of rotatable bonds is 3. The Bertz CT molecular complexity index is 684. The van der Waals surface area contributed by atoms with Gasteiger partial charge in [0.2, 0.25) is 0 Å². The zero-order valence-electron chi connectivity index (χ0n) is 10.1. The molecule has 96 valence electrons. The van der Waals surface area contributed by atoms with Crippen molar-refractivity contribution in [1.29, 1.82) is 0 Å². The normalized spacial score (nSPS) is 10.8. The van der Waals surface area contributed by atoms with Gasteiger partial charge in [-0.05, 0) is 13.8 Å². The van der Waals surface area contributed by atoms with Gasteiger partial charge in [-0.3, -0.25) is 9.78 Å². The van der Waals surface area contributed by atoms with E-state index in [1.54, 1.807) is 11.5 Å². The summed E-state index contributed by atoms with van der Waals surface area (Å²) in [4.78, 5) is 28.7. The maximum atomic E-state index is 11.6. The SMILES string of the molecule is Cc1c(-[n+]2csc(CCO)c2C)[nH]c(=O)[nH]c1=O. The lowest BCUT2D eigenvalue weighted by molar-refractivity contribution is -0.602. The molecule has 0 saturated heterocycles. The van der Waals surface area contributed by atoms with Crippen molar-refractivity contribution in [1.82, 2.24) is 9.97 Å². The zero-order chi connectivity index (χ0) is 13.3. The molecule has 0 saturated carbocycles. The summed E-state index contributed by atoms with van der Waals surface area (Å²) in [6.45, 7) is 3.62. The Balaban J connectivity index is 2.63. The Kier molecular flexibility index (Phi) is 3.44. The minimum absolute atomic E-state index is 0.0756. The first-order chi connectivity index (χ1) is 8.54. The number of H-pyrrole nitrogens is 2. The molecule has 0 spiro atoms. The number of aliphatic hydroxyl groups is 1. The fourth-order valence-corrected chi connectivity index (χ4v) is 2.73. The molecule has 0 aliphatic rings. The summed E-state index contributed by atoms with van der Waals surface area (Å²) >= 11 is 1.48. The van der Waals surface area contributed by atoms with E-state index >= 15 is 0 Å². The van der Waals surface area contributed by atoms with Crippen LogP contribution in [0.15, 0.2) is 15.1 Å². The molecule has 2 rings (SSSR count). The van der Waals surface area contributed by atoms with Crippen molar-refractivity contribution in [3.8, 4) is 5.82 Å². The van der Waals surface area contributed by atoms with Gasteiger partial charge in [0.25, 0.3) is 11.4 Å². The van der Waals surface area contributed by atoms with Gasteiger partial charge in [-0.25, -0.2) is 4.79 Å². The summed E-state index contributed by atoms with van der Waals surface area (Å²) < 4.78 is 1.77. The van der Waals surface area contributed by atoms with Crippen molar-refractivity contribution in [3.05, 3.63) is 42.5 Å². The van der Waals surface area contributed by atoms with Crippen molar-refractivity contribution in [3.63, 3.8) is 0 Å². The molecule has 0 atom stereocenters. The van der Waals surface area contributed by atoms with E-state index in [0.717, 1.165) is 10.6 Å². The number of hydrogen-bond donors (Lipinski definition) is 3. The molecular formula is C11H14N3O3S+. The highest BCUT2D eigenvalue weighted by Crippen LogP contribution is 2.13. The van der Waals surface area contributed by atoms with Crippen LogP contribution in [-0.4, -0.2) is 21.7 Å². The number of nitrogens with zero attached hydrogens (tertiary/aromatic N) is 1. The summed E-state index contributed by atoms with van der Waals surface area (Å²) in [5, 5.41) is 8.95. The van der Waals surface area contributed by atoms with Gasteiger partial charge in [0.15, 0.2) is 5.51 Å². The maximum absolute atomic E-state index is 11.6. The van der Waals surface area contributed by atoms with Crippen LogP contribution in [-0.2, 0) is 6.42 Å². The third-order valence-corrected chi connectivity index (χ3v) is 3.90. The van der Waals surface area contributed by atoms with Crippen LogP contribution in [0, 0.1) is 13.8 Å². The van der Waals surface area contributed by atoms with E-state index in [1.165, 1.54) is 11.3 Å². The van der Waals surface area contributed by atoms with Crippen molar-refractivity contribution >= 4 is 11.3 Å². The largest absolute Gasteiger partial charge is 0.413 e. The standard InChI is InChI=1S/C11H13N3O3S/c1-6-9(12-11(17)13-10(6)16)14-5-18-8(3-4-15)7(14)2/h5,15H,3-4H2,1-2H3,(H-,12,13,16,17)/p+1. The molecule has 0 aromatic carbocycles. The molecule has 0 aliphatic carbocycles. The van der Waals surface area contributed by atoms with Crippen molar-refractivity contribution < 1.29 is 9.67 Å². The van der Waals surface area contributed by atoms with Crippen LogP contribution in [0.3, 0.4) is 0 Å². The molecule has 0 fully saturated rings. The topological polar surface area (TPSA) is 89.8 Å². The van der Waals surface area contributed by atoms with Crippen molar-refractivity contribution in [2.75, 3.05) is 6.61 Å². The predicted octanol–water partition coefficient (Wildman–Crippen LogP) is -0.447. The first-order valence-corrected chi connectivity index (χ1v) is 6.35. The monoisotopic (exact) mass is 268 g/mol. The number of hydrogen-bond acceptors (Lipinski definition) is 4. The van der Waals surface area contributed by atoms with E-state index in [2.05, 4.69) is 9.97 Å². The molecule has 0 aliphatic heterocycles. The van der Waals surface area contributed by atoms with Crippen LogP contribution in [0.25, 0.3) is 5.82 Å². The molecule has 0 bridgehead atoms. The smallest absolute Gasteiger partial charge is 0.396 e. The minimum Gasteiger partial charge on any atom is -0.396 e. The average Bonchev–Trinajstić information content (AvgIpc) is 2.67. The van der Waals surface area contributed by atoms with Crippen LogP contribution in [0.5, 0.6) is 0 Å². The Morgan fingerprint density at radius 2 is 2.06 bits per heavy atom. The highest BCUT2D eigenvalue weighted by molar-refractivity contribution is 7.09. The average molecular weight is 268 g/mol. The highest BCUT2D eigenvalue weighted by atomic mass is 32.1. The number of nitrogens with one attached hydrogen (secondary N) is 2. The van der Waals surface area contributed by atoms with Gasteiger partial charge in [-0.15, -0.1) is 11.3 Å². The summed E-state index contributed by atoms with van der Waals surface area (Å²) in [5.74, 6) is 0.474. The third-order valence-electron chi connectivity index (χ3n) is 2.80. The predicted molar refractivity (Wildman–Crippen MR) is 67.4 cm³/mol. The molecule has 2 aromatic heterocycles. The molecule has 18 heavy (non-hydrogen) atoms.